The lowest BCUT2D eigenvalue weighted by Gasteiger charge is -2.22. The Hall–Kier alpha value is -3.26. The fraction of sp³-hybridized carbons (Fsp3) is 0.227. The molecular formula is C22H25N5O2S. The summed E-state index contributed by atoms with van der Waals surface area (Å²) in [4.78, 5) is 8.42. The highest BCUT2D eigenvalue weighted by Crippen LogP contribution is 2.24. The first-order valence-electron chi connectivity index (χ1n) is 9.54. The molecule has 2 aromatic rings. The van der Waals surface area contributed by atoms with Crippen LogP contribution in [0.5, 0.6) is 0 Å². The monoisotopic (exact) mass is 423 g/mol. The summed E-state index contributed by atoms with van der Waals surface area (Å²) < 4.78 is 26.6. The van der Waals surface area contributed by atoms with E-state index in [-0.39, 0.29) is 5.17 Å². The van der Waals surface area contributed by atoms with Crippen molar-refractivity contribution in [2.75, 3.05) is 0 Å². The molecule has 1 aliphatic rings. The summed E-state index contributed by atoms with van der Waals surface area (Å²) in [5.41, 5.74) is 6.23. The summed E-state index contributed by atoms with van der Waals surface area (Å²) in [6.45, 7) is 9.25. The fourth-order valence-corrected chi connectivity index (χ4v) is 4.43. The molecule has 0 saturated carbocycles. The van der Waals surface area contributed by atoms with Crippen LogP contribution < -0.4 is 10.7 Å². The topological polar surface area (TPSA) is 95.8 Å². The number of aliphatic imine (C=N–C) groups is 1. The molecule has 2 heterocycles. The average Bonchev–Trinajstić information content (AvgIpc) is 2.73. The second-order valence-electron chi connectivity index (χ2n) is 7.02. The second-order valence-corrected chi connectivity index (χ2v) is 9.20. The fourth-order valence-electron chi connectivity index (χ4n) is 2.97. The van der Waals surface area contributed by atoms with E-state index in [1.54, 1.807) is 51.4 Å². The molecule has 0 radical (unpaired) electrons. The number of benzene rings is 1. The van der Waals surface area contributed by atoms with Crippen molar-refractivity contribution in [3.63, 3.8) is 0 Å². The zero-order valence-electron chi connectivity index (χ0n) is 17.2. The highest BCUT2D eigenvalue weighted by molar-refractivity contribution is 8.06. The van der Waals surface area contributed by atoms with Gasteiger partial charge in [0.05, 0.1) is 11.0 Å². The molecule has 0 amide bonds. The number of pyridine rings is 1. The molecule has 30 heavy (non-hydrogen) atoms. The van der Waals surface area contributed by atoms with Gasteiger partial charge >= 0.3 is 0 Å². The maximum absolute atomic E-state index is 13.3. The van der Waals surface area contributed by atoms with Crippen LogP contribution in [0.1, 0.15) is 37.1 Å². The van der Waals surface area contributed by atoms with Gasteiger partial charge in [0.2, 0.25) is 15.0 Å². The molecule has 2 atom stereocenters. The number of hydrogen-bond donors (Lipinski definition) is 2. The van der Waals surface area contributed by atoms with Crippen LogP contribution in [0.25, 0.3) is 0 Å². The van der Waals surface area contributed by atoms with Gasteiger partial charge in [-0.1, -0.05) is 36.9 Å². The van der Waals surface area contributed by atoms with Gasteiger partial charge in [-0.15, -0.1) is 0 Å². The van der Waals surface area contributed by atoms with Crippen molar-refractivity contribution in [3.05, 3.63) is 89.9 Å². The average molecular weight is 424 g/mol. The summed E-state index contributed by atoms with van der Waals surface area (Å²) in [6, 6.07) is 12.7. The van der Waals surface area contributed by atoms with E-state index in [0.29, 0.717) is 22.5 Å². The summed E-state index contributed by atoms with van der Waals surface area (Å²) in [7, 11) is -3.76. The molecule has 3 rings (SSSR count). The molecule has 8 heteroatoms. The van der Waals surface area contributed by atoms with Crippen LogP contribution in [0.2, 0.25) is 0 Å². The first-order valence-corrected chi connectivity index (χ1v) is 11.1. The molecule has 7 nitrogen and oxygen atoms in total. The van der Waals surface area contributed by atoms with E-state index in [9.17, 15) is 8.42 Å². The van der Waals surface area contributed by atoms with E-state index in [4.69, 9.17) is 0 Å². The van der Waals surface area contributed by atoms with Gasteiger partial charge in [-0.3, -0.25) is 10.4 Å². The Morgan fingerprint density at radius 1 is 1.10 bits per heavy atom. The smallest absolute Gasteiger partial charge is 0.223 e. The van der Waals surface area contributed by atoms with Gasteiger partial charge in [-0.2, -0.15) is 5.10 Å². The molecule has 1 aliphatic heterocycles. The molecule has 2 unspecified atom stereocenters. The molecule has 1 aromatic heterocycles. The number of sulfone groups is 1. The standard InChI is InChI=1S/C22H25N5O2S/c1-15-14-16(2)24-22(30(28,29)17(3)19-8-6-5-7-9-19)25-18(4)26-27-21(15)20-10-12-23-13-11-20/h5-14,17-18,26H,1H2,2-4H3,(H,24,25)/b16-14+,27-21+. The number of allylic oxidation sites excluding steroid dienone is 3. The first-order chi connectivity index (χ1) is 14.3. The lowest BCUT2D eigenvalue weighted by molar-refractivity contribution is 0.540. The Balaban J connectivity index is 2.00. The van der Waals surface area contributed by atoms with E-state index < -0.39 is 21.3 Å². The lowest BCUT2D eigenvalue weighted by atomic mass is 10.0. The van der Waals surface area contributed by atoms with Gasteiger partial charge in [0.25, 0.3) is 0 Å². The summed E-state index contributed by atoms with van der Waals surface area (Å²) in [5.74, 6) is 0. The highest BCUT2D eigenvalue weighted by Gasteiger charge is 2.30. The normalized spacial score (nSPS) is 24.0. The summed E-state index contributed by atoms with van der Waals surface area (Å²) in [6.07, 6.45) is 4.57. The number of amidine groups is 1. The minimum absolute atomic E-state index is 0.108. The van der Waals surface area contributed by atoms with Crippen molar-refractivity contribution in [1.82, 2.24) is 15.7 Å². The predicted octanol–water partition coefficient (Wildman–Crippen LogP) is 3.32. The van der Waals surface area contributed by atoms with Crippen LogP contribution in [0.15, 0.2) is 88.9 Å². The predicted molar refractivity (Wildman–Crippen MR) is 121 cm³/mol. The number of rotatable bonds is 3. The number of hydrazone groups is 1. The van der Waals surface area contributed by atoms with E-state index in [1.165, 1.54) is 0 Å². The van der Waals surface area contributed by atoms with Gasteiger partial charge < -0.3 is 5.32 Å². The van der Waals surface area contributed by atoms with E-state index in [2.05, 4.69) is 32.4 Å². The Kier molecular flexibility index (Phi) is 6.47. The van der Waals surface area contributed by atoms with Crippen LogP contribution in [-0.4, -0.2) is 30.4 Å². The van der Waals surface area contributed by atoms with Gasteiger partial charge in [0, 0.05) is 23.7 Å². The molecule has 1 aromatic carbocycles. The van der Waals surface area contributed by atoms with Crippen molar-refractivity contribution in [2.45, 2.75) is 32.2 Å². The molecule has 0 saturated heterocycles. The molecule has 156 valence electrons. The Morgan fingerprint density at radius 3 is 2.43 bits per heavy atom. The van der Waals surface area contributed by atoms with Crippen molar-refractivity contribution < 1.29 is 8.42 Å². The molecule has 0 spiro atoms. The number of nitrogens with one attached hydrogen (secondary N) is 2. The number of nitrogens with zero attached hydrogens (tertiary/aromatic N) is 3. The van der Waals surface area contributed by atoms with Crippen LogP contribution >= 0.6 is 0 Å². The lowest BCUT2D eigenvalue weighted by Crippen LogP contribution is -2.45. The molecule has 0 fully saturated rings. The SMILES string of the molecule is C=C1/C=C(C)/N=C(/S(=O)(=O)C(C)c2ccccc2)NC(C)N/N=C\1c1ccncc1. The minimum Gasteiger partial charge on any atom is -0.340 e. The number of hydrogen-bond acceptors (Lipinski definition) is 7. The first kappa shape index (κ1) is 21.4. The zero-order valence-corrected chi connectivity index (χ0v) is 18.0. The van der Waals surface area contributed by atoms with Gasteiger partial charge in [0.15, 0.2) is 0 Å². The van der Waals surface area contributed by atoms with Gasteiger partial charge in [-0.05, 0) is 50.1 Å². The largest absolute Gasteiger partial charge is 0.340 e. The number of aromatic nitrogens is 1. The third-order valence-electron chi connectivity index (χ3n) is 4.63. The molecule has 0 aliphatic carbocycles. The third kappa shape index (κ3) is 4.83. The molecular weight excluding hydrogens is 398 g/mol. The Morgan fingerprint density at radius 2 is 1.77 bits per heavy atom. The Bertz CT molecular complexity index is 1110. The summed E-state index contributed by atoms with van der Waals surface area (Å²) >= 11 is 0. The van der Waals surface area contributed by atoms with E-state index in [1.807, 2.05) is 30.3 Å². The van der Waals surface area contributed by atoms with Crippen LogP contribution in [0, 0.1) is 0 Å². The molecule has 0 bridgehead atoms. The maximum atomic E-state index is 13.3. The minimum atomic E-state index is -3.76. The van der Waals surface area contributed by atoms with Crippen molar-refractivity contribution in [2.24, 2.45) is 10.1 Å². The van der Waals surface area contributed by atoms with Crippen molar-refractivity contribution >= 4 is 20.7 Å². The van der Waals surface area contributed by atoms with Crippen molar-refractivity contribution in [1.29, 1.82) is 0 Å². The van der Waals surface area contributed by atoms with Gasteiger partial charge in [-0.25, -0.2) is 13.4 Å². The van der Waals surface area contributed by atoms with Crippen molar-refractivity contribution in [3.8, 4) is 0 Å². The zero-order chi connectivity index (χ0) is 21.7. The third-order valence-corrected chi connectivity index (χ3v) is 6.58. The van der Waals surface area contributed by atoms with E-state index >= 15 is 0 Å². The van der Waals surface area contributed by atoms with Crippen LogP contribution in [0.4, 0.5) is 0 Å². The second kappa shape index (κ2) is 9.04. The quantitative estimate of drug-likeness (QED) is 0.790. The van der Waals surface area contributed by atoms with Crippen LogP contribution in [-0.2, 0) is 9.84 Å². The van der Waals surface area contributed by atoms with E-state index in [0.717, 1.165) is 5.56 Å². The Labute approximate surface area is 177 Å². The molecule has 2 N–H and O–H groups in total. The van der Waals surface area contributed by atoms with Crippen LogP contribution in [0.3, 0.4) is 0 Å². The summed E-state index contributed by atoms with van der Waals surface area (Å²) in [5, 5.41) is 6.54. The maximum Gasteiger partial charge on any atom is 0.223 e. The van der Waals surface area contributed by atoms with Gasteiger partial charge in [0.1, 0.15) is 6.17 Å². The highest BCUT2D eigenvalue weighted by atomic mass is 32.2.